The molecule has 0 aliphatic rings. The Labute approximate surface area is 88.0 Å². The summed E-state index contributed by atoms with van der Waals surface area (Å²) < 4.78 is 9.49. The second-order valence-corrected chi connectivity index (χ2v) is 3.01. The zero-order chi connectivity index (χ0) is 11.1. The van der Waals surface area contributed by atoms with Crippen molar-refractivity contribution < 1.29 is 19.1 Å². The van der Waals surface area contributed by atoms with Gasteiger partial charge in [-0.25, -0.2) is 4.79 Å². The van der Waals surface area contributed by atoms with Crippen molar-refractivity contribution in [3.05, 3.63) is 24.2 Å². The van der Waals surface area contributed by atoms with Gasteiger partial charge in [0, 0.05) is 12.1 Å². The highest BCUT2D eigenvalue weighted by atomic mass is 16.5. The van der Waals surface area contributed by atoms with Gasteiger partial charge in [0.1, 0.15) is 0 Å². The third kappa shape index (κ3) is 4.03. The molecule has 15 heavy (non-hydrogen) atoms. The summed E-state index contributed by atoms with van der Waals surface area (Å²) in [4.78, 5) is 10.9. The maximum Gasteiger partial charge on any atom is 0.407 e. The number of hydrogen-bond donors (Lipinski definition) is 2. The maximum absolute atomic E-state index is 10.9. The van der Waals surface area contributed by atoms with Crippen LogP contribution in [0.4, 0.5) is 4.79 Å². The van der Waals surface area contributed by atoms with E-state index in [2.05, 4.69) is 10.1 Å². The third-order valence-electron chi connectivity index (χ3n) is 1.89. The third-order valence-corrected chi connectivity index (χ3v) is 1.89. The van der Waals surface area contributed by atoms with Gasteiger partial charge in [-0.05, 0) is 19.4 Å². The topological polar surface area (TPSA) is 71.7 Å². The number of alkyl carbamates (subject to hydrolysis) is 1. The van der Waals surface area contributed by atoms with Crippen molar-refractivity contribution in [2.45, 2.75) is 19.4 Å². The average Bonchev–Trinajstić information content (AvgIpc) is 2.70. The summed E-state index contributed by atoms with van der Waals surface area (Å²) >= 11 is 0. The van der Waals surface area contributed by atoms with E-state index >= 15 is 0 Å². The molecule has 2 N–H and O–H groups in total. The summed E-state index contributed by atoms with van der Waals surface area (Å²) in [6.45, 7) is 2.45. The highest BCUT2D eigenvalue weighted by Gasteiger charge is 2.09. The van der Waals surface area contributed by atoms with E-state index in [1.165, 1.54) is 12.5 Å². The number of rotatable bonds is 5. The van der Waals surface area contributed by atoms with Crippen LogP contribution >= 0.6 is 0 Å². The molecule has 0 saturated carbocycles. The van der Waals surface area contributed by atoms with Gasteiger partial charge in [0.2, 0.25) is 0 Å². The van der Waals surface area contributed by atoms with Crippen LogP contribution < -0.4 is 5.32 Å². The van der Waals surface area contributed by atoms with Crippen LogP contribution in [0, 0.1) is 0 Å². The smallest absolute Gasteiger partial charge is 0.407 e. The maximum atomic E-state index is 10.9. The molecule has 0 spiro atoms. The van der Waals surface area contributed by atoms with Crippen molar-refractivity contribution in [3.8, 4) is 0 Å². The molecule has 1 amide bonds. The monoisotopic (exact) mass is 213 g/mol. The van der Waals surface area contributed by atoms with Gasteiger partial charge in [-0.1, -0.05) is 0 Å². The second-order valence-electron chi connectivity index (χ2n) is 3.01. The molecule has 0 bridgehead atoms. The summed E-state index contributed by atoms with van der Waals surface area (Å²) in [5.41, 5.74) is 0.709. The molecule has 1 aromatic rings. The van der Waals surface area contributed by atoms with Crippen LogP contribution in [0.2, 0.25) is 0 Å². The summed E-state index contributed by atoms with van der Waals surface area (Å²) in [5.74, 6) is 0. The number of ether oxygens (including phenoxy) is 1. The highest BCUT2D eigenvalue weighted by molar-refractivity contribution is 5.66. The molecule has 0 radical (unpaired) electrons. The Bertz CT molecular complexity index is 284. The largest absolute Gasteiger partial charge is 0.472 e. The van der Waals surface area contributed by atoms with Crippen LogP contribution in [0.5, 0.6) is 0 Å². The summed E-state index contributed by atoms with van der Waals surface area (Å²) in [6.07, 6.45) is 2.33. The summed E-state index contributed by atoms with van der Waals surface area (Å²) in [6, 6.07) is 1.69. The van der Waals surface area contributed by atoms with Crippen LogP contribution in [0.15, 0.2) is 23.0 Å². The first-order valence-electron chi connectivity index (χ1n) is 4.84. The molecule has 1 rings (SSSR count). The minimum absolute atomic E-state index is 0.343. The van der Waals surface area contributed by atoms with E-state index in [0.29, 0.717) is 25.1 Å². The van der Waals surface area contributed by atoms with Gasteiger partial charge >= 0.3 is 6.09 Å². The van der Waals surface area contributed by atoms with Gasteiger partial charge in [0.05, 0.1) is 25.2 Å². The zero-order valence-corrected chi connectivity index (χ0v) is 8.60. The van der Waals surface area contributed by atoms with Gasteiger partial charge in [0.15, 0.2) is 0 Å². The van der Waals surface area contributed by atoms with E-state index < -0.39 is 12.2 Å². The van der Waals surface area contributed by atoms with Gasteiger partial charge < -0.3 is 19.6 Å². The fourth-order valence-electron chi connectivity index (χ4n) is 1.12. The van der Waals surface area contributed by atoms with Crippen molar-refractivity contribution in [3.63, 3.8) is 0 Å². The lowest BCUT2D eigenvalue weighted by Crippen LogP contribution is -2.26. The Hall–Kier alpha value is -1.49. The lowest BCUT2D eigenvalue weighted by Gasteiger charge is -2.08. The molecule has 0 saturated heterocycles. The SMILES string of the molecule is CCOC(=O)NCC[C@@H](O)c1ccoc1. The zero-order valence-electron chi connectivity index (χ0n) is 8.60. The first-order valence-corrected chi connectivity index (χ1v) is 4.84. The quantitative estimate of drug-likeness (QED) is 0.776. The van der Waals surface area contributed by atoms with Gasteiger partial charge in [0.25, 0.3) is 0 Å². The number of carbonyl (C=O) groups is 1. The van der Waals surface area contributed by atoms with E-state index in [1.807, 2.05) is 0 Å². The Morgan fingerprint density at radius 2 is 2.53 bits per heavy atom. The molecule has 1 atom stereocenters. The standard InChI is InChI=1S/C10H15NO4/c1-2-15-10(13)11-5-3-9(12)8-4-6-14-7-8/h4,6-7,9,12H,2-3,5H2,1H3,(H,11,13)/t9-/m1/s1. The second kappa shape index (κ2) is 6.08. The number of aliphatic hydroxyl groups excluding tert-OH is 1. The van der Waals surface area contributed by atoms with E-state index in [0.717, 1.165) is 0 Å². The van der Waals surface area contributed by atoms with Crippen molar-refractivity contribution >= 4 is 6.09 Å². The predicted molar refractivity (Wildman–Crippen MR) is 53.3 cm³/mol. The van der Waals surface area contributed by atoms with E-state index in [1.54, 1.807) is 13.0 Å². The lowest BCUT2D eigenvalue weighted by atomic mass is 10.1. The molecule has 1 heterocycles. The molecular formula is C10H15NO4. The Morgan fingerprint density at radius 1 is 1.73 bits per heavy atom. The van der Waals surface area contributed by atoms with Crippen LogP contribution in [0.3, 0.4) is 0 Å². The van der Waals surface area contributed by atoms with E-state index in [-0.39, 0.29) is 0 Å². The lowest BCUT2D eigenvalue weighted by molar-refractivity contribution is 0.143. The van der Waals surface area contributed by atoms with Crippen LogP contribution in [-0.4, -0.2) is 24.4 Å². The molecular weight excluding hydrogens is 198 g/mol. The van der Waals surface area contributed by atoms with Gasteiger partial charge in [-0.3, -0.25) is 0 Å². The van der Waals surface area contributed by atoms with Crippen molar-refractivity contribution in [1.29, 1.82) is 0 Å². The molecule has 5 heteroatoms. The van der Waals surface area contributed by atoms with E-state index in [9.17, 15) is 9.90 Å². The number of furan rings is 1. The number of carbonyl (C=O) groups excluding carboxylic acids is 1. The Balaban J connectivity index is 2.18. The predicted octanol–water partition coefficient (Wildman–Crippen LogP) is 1.45. The van der Waals surface area contributed by atoms with Crippen molar-refractivity contribution in [2.75, 3.05) is 13.2 Å². The fraction of sp³-hybridized carbons (Fsp3) is 0.500. The van der Waals surface area contributed by atoms with Crippen LogP contribution in [-0.2, 0) is 4.74 Å². The van der Waals surface area contributed by atoms with Gasteiger partial charge in [-0.15, -0.1) is 0 Å². The Morgan fingerprint density at radius 3 is 3.13 bits per heavy atom. The molecule has 0 aromatic carbocycles. The molecule has 1 aromatic heterocycles. The first-order chi connectivity index (χ1) is 7.24. The average molecular weight is 213 g/mol. The number of aliphatic hydroxyl groups is 1. The van der Waals surface area contributed by atoms with Crippen molar-refractivity contribution in [1.82, 2.24) is 5.32 Å². The van der Waals surface area contributed by atoms with Gasteiger partial charge in [-0.2, -0.15) is 0 Å². The first kappa shape index (κ1) is 11.6. The van der Waals surface area contributed by atoms with Crippen LogP contribution in [0.1, 0.15) is 25.0 Å². The molecule has 0 fully saturated rings. The normalized spacial score (nSPS) is 12.1. The number of hydrogen-bond acceptors (Lipinski definition) is 4. The molecule has 84 valence electrons. The van der Waals surface area contributed by atoms with Crippen LogP contribution in [0.25, 0.3) is 0 Å². The Kier molecular flexibility index (Phi) is 4.70. The number of amides is 1. The van der Waals surface area contributed by atoms with E-state index in [4.69, 9.17) is 4.42 Å². The summed E-state index contributed by atoms with van der Waals surface area (Å²) in [5, 5.41) is 12.1. The summed E-state index contributed by atoms with van der Waals surface area (Å²) in [7, 11) is 0. The minimum atomic E-state index is -0.620. The molecule has 0 aliphatic heterocycles. The molecule has 0 aliphatic carbocycles. The minimum Gasteiger partial charge on any atom is -0.472 e. The molecule has 5 nitrogen and oxygen atoms in total. The molecule has 0 unspecified atom stereocenters. The fourth-order valence-corrected chi connectivity index (χ4v) is 1.12. The van der Waals surface area contributed by atoms with Crippen molar-refractivity contribution in [2.24, 2.45) is 0 Å². The number of nitrogens with one attached hydrogen (secondary N) is 1. The highest BCUT2D eigenvalue weighted by Crippen LogP contribution is 2.15.